The molecule has 0 aliphatic heterocycles. The van der Waals surface area contributed by atoms with E-state index in [2.05, 4.69) is 15.5 Å². The van der Waals surface area contributed by atoms with Crippen molar-refractivity contribution in [3.05, 3.63) is 5.89 Å². The topological polar surface area (TPSA) is 105 Å². The number of hydrogen-bond acceptors (Lipinski definition) is 5. The maximum absolute atomic E-state index is 11.3. The average Bonchev–Trinajstić information content (AvgIpc) is 2.58. The smallest absolute Gasteiger partial charge is 0.322 e. The Labute approximate surface area is 91.9 Å². The lowest BCUT2D eigenvalue weighted by molar-refractivity contribution is -0.137. The average molecular weight is 227 g/mol. The van der Waals surface area contributed by atoms with Crippen molar-refractivity contribution in [2.45, 2.75) is 32.6 Å². The Morgan fingerprint density at radius 1 is 1.31 bits per heavy atom. The van der Waals surface area contributed by atoms with Crippen molar-refractivity contribution in [3.63, 3.8) is 0 Å². The van der Waals surface area contributed by atoms with Crippen LogP contribution in [0.5, 0.6) is 0 Å². The number of amides is 1. The molecule has 7 nitrogen and oxygen atoms in total. The molecule has 1 aromatic heterocycles. The molecular weight excluding hydrogens is 214 g/mol. The molecule has 1 amide bonds. The third-order valence-corrected chi connectivity index (χ3v) is 1.82. The monoisotopic (exact) mass is 227 g/mol. The summed E-state index contributed by atoms with van der Waals surface area (Å²) in [5.74, 6) is -0.733. The molecule has 0 aliphatic carbocycles. The predicted octanol–water partition coefficient (Wildman–Crippen LogP) is 0.962. The molecule has 1 aromatic rings. The van der Waals surface area contributed by atoms with Crippen molar-refractivity contribution in [2.75, 3.05) is 5.32 Å². The van der Waals surface area contributed by atoms with Gasteiger partial charge in [0.25, 0.3) is 0 Å². The molecule has 1 rings (SSSR count). The predicted molar refractivity (Wildman–Crippen MR) is 53.8 cm³/mol. The molecule has 0 radical (unpaired) electrons. The molecule has 0 saturated heterocycles. The van der Waals surface area contributed by atoms with Gasteiger partial charge in [-0.15, -0.1) is 5.10 Å². The largest absolute Gasteiger partial charge is 0.481 e. The minimum Gasteiger partial charge on any atom is -0.481 e. The Hall–Kier alpha value is -1.92. The number of carbonyl (C=O) groups is 2. The van der Waals surface area contributed by atoms with Crippen molar-refractivity contribution in [2.24, 2.45) is 0 Å². The Bertz CT molecular complexity index is 375. The quantitative estimate of drug-likeness (QED) is 0.701. The van der Waals surface area contributed by atoms with E-state index in [1.54, 1.807) is 6.92 Å². The number of anilines is 1. The zero-order valence-electron chi connectivity index (χ0n) is 8.89. The van der Waals surface area contributed by atoms with Crippen LogP contribution in [0.1, 0.15) is 31.6 Å². The van der Waals surface area contributed by atoms with Gasteiger partial charge in [-0.3, -0.25) is 14.9 Å². The number of aromatic nitrogens is 2. The highest BCUT2D eigenvalue weighted by Gasteiger charge is 2.07. The molecule has 16 heavy (non-hydrogen) atoms. The summed E-state index contributed by atoms with van der Waals surface area (Å²) in [4.78, 5) is 21.5. The second-order valence-corrected chi connectivity index (χ2v) is 3.28. The van der Waals surface area contributed by atoms with E-state index in [1.807, 2.05) is 0 Å². The number of aryl methyl sites for hydroxylation is 1. The second-order valence-electron chi connectivity index (χ2n) is 3.28. The van der Waals surface area contributed by atoms with Gasteiger partial charge >= 0.3 is 12.0 Å². The van der Waals surface area contributed by atoms with Crippen LogP contribution in [0.15, 0.2) is 4.42 Å². The minimum absolute atomic E-state index is 0.0701. The van der Waals surface area contributed by atoms with Crippen LogP contribution in [0.4, 0.5) is 6.01 Å². The number of carboxylic acid groups (broad SMARTS) is 1. The summed E-state index contributed by atoms with van der Waals surface area (Å²) >= 11 is 0. The number of hydrogen-bond donors (Lipinski definition) is 2. The molecule has 0 aliphatic rings. The van der Waals surface area contributed by atoms with Gasteiger partial charge in [-0.25, -0.2) is 0 Å². The third-order valence-electron chi connectivity index (χ3n) is 1.82. The lowest BCUT2D eigenvalue weighted by Crippen LogP contribution is -2.11. The number of carbonyl (C=O) groups excluding carboxylic acids is 1. The Morgan fingerprint density at radius 3 is 2.56 bits per heavy atom. The van der Waals surface area contributed by atoms with E-state index in [1.165, 1.54) is 0 Å². The zero-order chi connectivity index (χ0) is 12.0. The van der Waals surface area contributed by atoms with Gasteiger partial charge in [0.2, 0.25) is 11.8 Å². The molecule has 0 saturated carbocycles. The maximum Gasteiger partial charge on any atom is 0.322 e. The molecular formula is C9H13N3O4. The standard InChI is InChI=1S/C9H13N3O4/c1-6-11-12-9(16-6)10-7(13)4-2-3-5-8(14)15/h2-5H2,1H3,(H,14,15)(H,10,12,13). The first kappa shape index (κ1) is 12.2. The van der Waals surface area contributed by atoms with E-state index >= 15 is 0 Å². The van der Waals surface area contributed by atoms with Gasteiger partial charge in [0.15, 0.2) is 0 Å². The van der Waals surface area contributed by atoms with Gasteiger partial charge in [0.1, 0.15) is 0 Å². The molecule has 1 heterocycles. The fourth-order valence-electron chi connectivity index (χ4n) is 1.09. The van der Waals surface area contributed by atoms with Crippen molar-refractivity contribution >= 4 is 17.9 Å². The molecule has 88 valence electrons. The molecule has 7 heteroatoms. The van der Waals surface area contributed by atoms with Crippen LogP contribution >= 0.6 is 0 Å². The van der Waals surface area contributed by atoms with Gasteiger partial charge < -0.3 is 9.52 Å². The van der Waals surface area contributed by atoms with Crippen molar-refractivity contribution in [1.82, 2.24) is 10.2 Å². The lowest BCUT2D eigenvalue weighted by atomic mass is 10.2. The first-order chi connectivity index (χ1) is 7.58. The number of nitrogens with one attached hydrogen (secondary N) is 1. The van der Waals surface area contributed by atoms with Crippen molar-refractivity contribution in [3.8, 4) is 0 Å². The van der Waals surface area contributed by atoms with E-state index in [9.17, 15) is 9.59 Å². The van der Waals surface area contributed by atoms with E-state index in [0.29, 0.717) is 18.7 Å². The van der Waals surface area contributed by atoms with Crippen LogP contribution < -0.4 is 5.32 Å². The number of aliphatic carboxylic acids is 1. The fraction of sp³-hybridized carbons (Fsp3) is 0.556. The summed E-state index contributed by atoms with van der Waals surface area (Å²) in [5, 5.41) is 18.0. The molecule has 2 N–H and O–H groups in total. The molecule has 0 bridgehead atoms. The Kier molecular flexibility index (Phi) is 4.43. The van der Waals surface area contributed by atoms with Crippen LogP contribution in [0, 0.1) is 6.92 Å². The molecule has 0 unspecified atom stereocenters. The number of rotatable bonds is 6. The number of carboxylic acids is 1. The number of nitrogens with zero attached hydrogens (tertiary/aromatic N) is 2. The maximum atomic E-state index is 11.3. The van der Waals surface area contributed by atoms with Crippen LogP contribution in [0.3, 0.4) is 0 Å². The highest BCUT2D eigenvalue weighted by molar-refractivity contribution is 5.88. The van der Waals surface area contributed by atoms with Crippen molar-refractivity contribution < 1.29 is 19.1 Å². The van der Waals surface area contributed by atoms with Crippen LogP contribution in [-0.2, 0) is 9.59 Å². The van der Waals surface area contributed by atoms with Gasteiger partial charge in [0, 0.05) is 19.8 Å². The molecule has 0 atom stereocenters. The first-order valence-electron chi connectivity index (χ1n) is 4.89. The third kappa shape index (κ3) is 4.54. The van der Waals surface area contributed by atoms with E-state index < -0.39 is 5.97 Å². The summed E-state index contributed by atoms with van der Waals surface area (Å²) in [7, 11) is 0. The van der Waals surface area contributed by atoms with Crippen LogP contribution in [0.2, 0.25) is 0 Å². The van der Waals surface area contributed by atoms with Crippen LogP contribution in [-0.4, -0.2) is 27.2 Å². The minimum atomic E-state index is -0.854. The summed E-state index contributed by atoms with van der Waals surface area (Å²) in [6, 6.07) is 0.0701. The highest BCUT2D eigenvalue weighted by atomic mass is 16.4. The Balaban J connectivity index is 2.18. The summed E-state index contributed by atoms with van der Waals surface area (Å²) < 4.78 is 4.95. The van der Waals surface area contributed by atoms with Gasteiger partial charge in [-0.2, -0.15) is 0 Å². The number of unbranched alkanes of at least 4 members (excludes halogenated alkanes) is 1. The first-order valence-corrected chi connectivity index (χ1v) is 4.89. The van der Waals surface area contributed by atoms with Gasteiger partial charge in [0.05, 0.1) is 0 Å². The second kappa shape index (κ2) is 5.84. The van der Waals surface area contributed by atoms with Gasteiger partial charge in [-0.1, -0.05) is 5.10 Å². The SMILES string of the molecule is Cc1nnc(NC(=O)CCCCC(=O)O)o1. The van der Waals surface area contributed by atoms with E-state index in [-0.39, 0.29) is 24.8 Å². The molecule has 0 spiro atoms. The fourth-order valence-corrected chi connectivity index (χ4v) is 1.09. The summed E-state index contributed by atoms with van der Waals surface area (Å²) in [6.07, 6.45) is 1.32. The molecule has 0 fully saturated rings. The van der Waals surface area contributed by atoms with Gasteiger partial charge in [-0.05, 0) is 12.8 Å². The van der Waals surface area contributed by atoms with Crippen LogP contribution in [0.25, 0.3) is 0 Å². The summed E-state index contributed by atoms with van der Waals surface area (Å²) in [5.41, 5.74) is 0. The van der Waals surface area contributed by atoms with E-state index in [0.717, 1.165) is 0 Å². The lowest BCUT2D eigenvalue weighted by Gasteiger charge is -1.99. The summed E-state index contributed by atoms with van der Waals surface area (Å²) in [6.45, 7) is 1.62. The Morgan fingerprint density at radius 2 is 2.00 bits per heavy atom. The van der Waals surface area contributed by atoms with E-state index in [4.69, 9.17) is 9.52 Å². The highest BCUT2D eigenvalue weighted by Crippen LogP contribution is 2.06. The van der Waals surface area contributed by atoms with Crippen molar-refractivity contribution in [1.29, 1.82) is 0 Å². The molecule has 0 aromatic carbocycles. The normalized spacial score (nSPS) is 10.1. The zero-order valence-corrected chi connectivity index (χ0v) is 8.89.